The van der Waals surface area contributed by atoms with Gasteiger partial charge in [0, 0.05) is 11.1 Å². The Labute approximate surface area is 133 Å². The van der Waals surface area contributed by atoms with Crippen LogP contribution in [0.4, 0.5) is 29.1 Å². The first kappa shape index (κ1) is 15.7. The molecule has 0 atom stereocenters. The van der Waals surface area contributed by atoms with E-state index in [9.17, 15) is 17.6 Å². The van der Waals surface area contributed by atoms with Crippen molar-refractivity contribution in [2.24, 2.45) is 0 Å². The Morgan fingerprint density at radius 2 is 1.83 bits per heavy atom. The molecule has 1 N–H and O–H groups in total. The molecule has 3 aromatic rings. The van der Waals surface area contributed by atoms with Crippen molar-refractivity contribution < 1.29 is 17.6 Å². The van der Waals surface area contributed by atoms with Crippen molar-refractivity contribution >= 4 is 22.4 Å². The van der Waals surface area contributed by atoms with E-state index in [1.165, 1.54) is 6.07 Å². The zero-order valence-corrected chi connectivity index (χ0v) is 11.9. The van der Waals surface area contributed by atoms with Crippen molar-refractivity contribution in [3.05, 3.63) is 59.7 Å². The Bertz CT molecular complexity index is 960. The maximum Gasteiger partial charge on any atom is 0.451 e. The highest BCUT2D eigenvalue weighted by atomic mass is 19.4. The van der Waals surface area contributed by atoms with Gasteiger partial charge >= 0.3 is 6.18 Å². The smallest absolute Gasteiger partial charge is 0.340 e. The number of hydrogen-bond acceptors (Lipinski definition) is 4. The summed E-state index contributed by atoms with van der Waals surface area (Å²) in [7, 11) is 0. The number of halogens is 4. The summed E-state index contributed by atoms with van der Waals surface area (Å²) in [6.07, 6.45) is -4.74. The van der Waals surface area contributed by atoms with Gasteiger partial charge in [0.05, 0.1) is 17.1 Å². The summed E-state index contributed by atoms with van der Waals surface area (Å²) in [6.45, 7) is 0. The average molecular weight is 332 g/mol. The fraction of sp³-hybridized carbons (Fsp3) is 0.0625. The second kappa shape index (κ2) is 5.77. The van der Waals surface area contributed by atoms with Gasteiger partial charge in [0.1, 0.15) is 11.6 Å². The van der Waals surface area contributed by atoms with Gasteiger partial charge in [-0.2, -0.15) is 18.4 Å². The fourth-order valence-electron chi connectivity index (χ4n) is 2.13. The van der Waals surface area contributed by atoms with Crippen molar-refractivity contribution in [1.82, 2.24) is 9.97 Å². The van der Waals surface area contributed by atoms with Gasteiger partial charge in [-0.3, -0.25) is 0 Å². The predicted molar refractivity (Wildman–Crippen MR) is 78.9 cm³/mol. The van der Waals surface area contributed by atoms with E-state index in [1.54, 1.807) is 18.2 Å². The van der Waals surface area contributed by atoms with E-state index in [-0.39, 0.29) is 16.7 Å². The Morgan fingerprint density at radius 3 is 2.54 bits per heavy atom. The number of nitriles is 1. The summed E-state index contributed by atoms with van der Waals surface area (Å²) in [5.41, 5.74) is 0.629. The lowest BCUT2D eigenvalue weighted by atomic mass is 10.2. The monoisotopic (exact) mass is 332 g/mol. The normalized spacial score (nSPS) is 11.3. The highest BCUT2D eigenvalue weighted by Crippen LogP contribution is 2.31. The van der Waals surface area contributed by atoms with Crippen molar-refractivity contribution in [2.75, 3.05) is 5.32 Å². The number of nitrogens with one attached hydrogen (secondary N) is 1. The first-order valence-corrected chi connectivity index (χ1v) is 6.68. The van der Waals surface area contributed by atoms with Crippen LogP contribution >= 0.6 is 0 Å². The summed E-state index contributed by atoms with van der Waals surface area (Å²) in [5.74, 6) is -2.15. The molecule has 24 heavy (non-hydrogen) atoms. The quantitative estimate of drug-likeness (QED) is 0.707. The number of alkyl halides is 3. The average Bonchev–Trinajstić information content (AvgIpc) is 2.54. The molecule has 0 radical (unpaired) electrons. The third-order valence-electron chi connectivity index (χ3n) is 3.17. The molecule has 0 unspecified atom stereocenters. The summed E-state index contributed by atoms with van der Waals surface area (Å²) in [4.78, 5) is 6.90. The van der Waals surface area contributed by atoms with Gasteiger partial charge in [-0.15, -0.1) is 0 Å². The van der Waals surface area contributed by atoms with E-state index in [4.69, 9.17) is 5.26 Å². The topological polar surface area (TPSA) is 61.6 Å². The zero-order valence-electron chi connectivity index (χ0n) is 11.9. The number of nitrogens with zero attached hydrogens (tertiary/aromatic N) is 3. The maximum atomic E-state index is 13.5. The molecule has 0 saturated heterocycles. The number of fused-ring (bicyclic) bond motifs is 1. The molecular weight excluding hydrogens is 324 g/mol. The fourth-order valence-corrected chi connectivity index (χ4v) is 2.13. The van der Waals surface area contributed by atoms with Crippen LogP contribution < -0.4 is 5.32 Å². The molecule has 8 heteroatoms. The minimum Gasteiger partial charge on any atom is -0.340 e. The van der Waals surface area contributed by atoms with Crippen LogP contribution in [-0.2, 0) is 6.18 Å². The second-order valence-electron chi connectivity index (χ2n) is 4.87. The molecule has 3 rings (SSSR count). The molecule has 0 fully saturated rings. The van der Waals surface area contributed by atoms with Crippen molar-refractivity contribution in [1.29, 1.82) is 5.26 Å². The van der Waals surface area contributed by atoms with E-state index < -0.39 is 17.8 Å². The van der Waals surface area contributed by atoms with Crippen LogP contribution in [0.15, 0.2) is 42.5 Å². The molecule has 0 bridgehead atoms. The number of anilines is 2. The Hall–Kier alpha value is -3.21. The molecule has 120 valence electrons. The summed E-state index contributed by atoms with van der Waals surface area (Å²) in [6, 6.07) is 11.3. The van der Waals surface area contributed by atoms with Gasteiger partial charge in [-0.05, 0) is 36.4 Å². The number of rotatable bonds is 2. The van der Waals surface area contributed by atoms with Crippen LogP contribution in [0.25, 0.3) is 10.9 Å². The molecule has 2 aromatic carbocycles. The van der Waals surface area contributed by atoms with Crippen molar-refractivity contribution in [2.45, 2.75) is 6.18 Å². The molecule has 0 spiro atoms. The van der Waals surface area contributed by atoms with E-state index in [0.29, 0.717) is 11.3 Å². The van der Waals surface area contributed by atoms with Crippen molar-refractivity contribution in [3.63, 3.8) is 0 Å². The highest BCUT2D eigenvalue weighted by molar-refractivity contribution is 5.91. The van der Waals surface area contributed by atoms with E-state index in [0.717, 1.165) is 18.2 Å². The zero-order chi connectivity index (χ0) is 17.3. The summed E-state index contributed by atoms with van der Waals surface area (Å²) >= 11 is 0. The van der Waals surface area contributed by atoms with E-state index >= 15 is 0 Å². The Morgan fingerprint density at radius 1 is 1.04 bits per heavy atom. The number of benzene rings is 2. The van der Waals surface area contributed by atoms with Crippen LogP contribution in [0.2, 0.25) is 0 Å². The molecule has 4 nitrogen and oxygen atoms in total. The maximum absolute atomic E-state index is 13.5. The summed E-state index contributed by atoms with van der Waals surface area (Å²) < 4.78 is 52.3. The predicted octanol–water partition coefficient (Wildman–Crippen LogP) is 4.40. The highest BCUT2D eigenvalue weighted by Gasteiger charge is 2.35. The minimum absolute atomic E-state index is 0.0438. The lowest BCUT2D eigenvalue weighted by molar-refractivity contribution is -0.144. The van der Waals surface area contributed by atoms with Crippen LogP contribution in [0, 0.1) is 17.1 Å². The van der Waals surface area contributed by atoms with Crippen molar-refractivity contribution in [3.8, 4) is 6.07 Å². The van der Waals surface area contributed by atoms with Gasteiger partial charge < -0.3 is 5.32 Å². The van der Waals surface area contributed by atoms with Gasteiger partial charge in [0.25, 0.3) is 0 Å². The molecule has 1 heterocycles. The van der Waals surface area contributed by atoms with Gasteiger partial charge in [0.15, 0.2) is 0 Å². The SMILES string of the molecule is N#Cc1cccc(Nc2nc(C(F)(F)F)nc3ccc(F)cc23)c1. The van der Waals surface area contributed by atoms with Gasteiger partial charge in [0.2, 0.25) is 5.82 Å². The molecule has 0 aliphatic carbocycles. The number of aromatic nitrogens is 2. The van der Waals surface area contributed by atoms with E-state index in [1.807, 2.05) is 6.07 Å². The molecule has 0 amide bonds. The van der Waals surface area contributed by atoms with Crippen LogP contribution in [0.3, 0.4) is 0 Å². The van der Waals surface area contributed by atoms with Crippen LogP contribution in [-0.4, -0.2) is 9.97 Å². The van der Waals surface area contributed by atoms with Crippen LogP contribution in [0.5, 0.6) is 0 Å². The molecule has 0 aliphatic rings. The van der Waals surface area contributed by atoms with E-state index in [2.05, 4.69) is 15.3 Å². The standard InChI is InChI=1S/C16H8F4N4/c17-10-4-5-13-12(7-10)14(24-15(23-13)16(18,19)20)22-11-3-1-2-9(6-11)8-21/h1-7H,(H,22,23,24). The summed E-state index contributed by atoms with van der Waals surface area (Å²) in [5, 5.41) is 11.7. The first-order valence-electron chi connectivity index (χ1n) is 6.68. The lowest BCUT2D eigenvalue weighted by Crippen LogP contribution is -2.12. The second-order valence-corrected chi connectivity index (χ2v) is 4.87. The molecule has 0 aliphatic heterocycles. The Balaban J connectivity index is 2.17. The molecule has 1 aromatic heterocycles. The van der Waals surface area contributed by atoms with Gasteiger partial charge in [-0.25, -0.2) is 14.4 Å². The first-order chi connectivity index (χ1) is 11.4. The number of hydrogen-bond donors (Lipinski definition) is 1. The molecule has 0 saturated carbocycles. The third-order valence-corrected chi connectivity index (χ3v) is 3.17. The largest absolute Gasteiger partial charge is 0.451 e. The van der Waals surface area contributed by atoms with Gasteiger partial charge in [-0.1, -0.05) is 6.07 Å². The lowest BCUT2D eigenvalue weighted by Gasteiger charge is -2.12. The molecular formula is C16H8F4N4. The van der Waals surface area contributed by atoms with Crippen LogP contribution in [0.1, 0.15) is 11.4 Å². The minimum atomic E-state index is -4.74. The Kier molecular flexibility index (Phi) is 3.77. The third kappa shape index (κ3) is 3.10.